The largest absolute Gasteiger partial charge is 0.310 e. The number of benzene rings is 1. The summed E-state index contributed by atoms with van der Waals surface area (Å²) in [7, 11) is 0. The van der Waals surface area contributed by atoms with E-state index in [-0.39, 0.29) is 0 Å². The van der Waals surface area contributed by atoms with Crippen molar-refractivity contribution in [3.63, 3.8) is 0 Å². The van der Waals surface area contributed by atoms with Gasteiger partial charge < -0.3 is 5.32 Å². The molecule has 0 fully saturated rings. The Morgan fingerprint density at radius 2 is 1.82 bits per heavy atom. The van der Waals surface area contributed by atoms with Crippen LogP contribution in [-0.4, -0.2) is 6.54 Å². The molecule has 0 saturated heterocycles. The van der Waals surface area contributed by atoms with Gasteiger partial charge in [-0.15, -0.1) is 0 Å². The van der Waals surface area contributed by atoms with Crippen LogP contribution in [0.3, 0.4) is 0 Å². The molecule has 1 rings (SSSR count). The molecule has 96 valence electrons. The third-order valence-corrected chi connectivity index (χ3v) is 4.00. The highest BCUT2D eigenvalue weighted by Crippen LogP contribution is 2.31. The van der Waals surface area contributed by atoms with Gasteiger partial charge in [-0.1, -0.05) is 57.3 Å². The minimum atomic E-state index is 0.425. The van der Waals surface area contributed by atoms with Gasteiger partial charge in [-0.2, -0.15) is 0 Å². The molecule has 1 atom stereocenters. The maximum absolute atomic E-state index is 6.22. The molecule has 17 heavy (non-hydrogen) atoms. The fraction of sp³-hybridized carbons (Fsp3) is 0.600. The van der Waals surface area contributed by atoms with Crippen molar-refractivity contribution in [2.45, 2.75) is 46.6 Å². The van der Waals surface area contributed by atoms with Crippen LogP contribution < -0.4 is 5.32 Å². The van der Waals surface area contributed by atoms with Gasteiger partial charge in [0.1, 0.15) is 0 Å². The van der Waals surface area contributed by atoms with E-state index >= 15 is 0 Å². The van der Waals surface area contributed by atoms with Crippen molar-refractivity contribution in [2.75, 3.05) is 6.54 Å². The summed E-state index contributed by atoms with van der Waals surface area (Å²) in [6.07, 6.45) is 2.39. The molecule has 0 saturated carbocycles. The molecule has 0 aromatic heterocycles. The Hall–Kier alpha value is -0.530. The first kappa shape index (κ1) is 14.5. The quantitative estimate of drug-likeness (QED) is 0.773. The highest BCUT2D eigenvalue weighted by Gasteiger charge is 2.21. The third-order valence-electron chi connectivity index (χ3n) is 3.59. The molecular weight excluding hydrogens is 230 g/mol. The lowest BCUT2D eigenvalue weighted by molar-refractivity contribution is 0.345. The first-order valence-electron chi connectivity index (χ1n) is 6.64. The number of nitrogens with one attached hydrogen (secondary N) is 1. The predicted octanol–water partition coefficient (Wildman–Crippen LogP) is 4.74. The SMILES string of the molecule is CCNC(c1cccc(Cl)c1C)C(CC)CC. The molecule has 1 aromatic carbocycles. The summed E-state index contributed by atoms with van der Waals surface area (Å²) in [5.41, 5.74) is 2.57. The summed E-state index contributed by atoms with van der Waals surface area (Å²) < 4.78 is 0. The van der Waals surface area contributed by atoms with Gasteiger partial charge >= 0.3 is 0 Å². The molecule has 0 radical (unpaired) electrons. The Kier molecular flexibility index (Phi) is 6.01. The molecule has 2 heteroatoms. The fourth-order valence-corrected chi connectivity index (χ4v) is 2.65. The molecule has 0 aliphatic rings. The topological polar surface area (TPSA) is 12.0 Å². The second-order valence-electron chi connectivity index (χ2n) is 4.57. The smallest absolute Gasteiger partial charge is 0.0438 e. The van der Waals surface area contributed by atoms with Crippen LogP contribution in [0, 0.1) is 12.8 Å². The summed E-state index contributed by atoms with van der Waals surface area (Å²) in [5, 5.41) is 4.48. The summed E-state index contributed by atoms with van der Waals surface area (Å²) in [5.74, 6) is 0.673. The highest BCUT2D eigenvalue weighted by molar-refractivity contribution is 6.31. The van der Waals surface area contributed by atoms with Gasteiger partial charge in [0.25, 0.3) is 0 Å². The lowest BCUT2D eigenvalue weighted by Gasteiger charge is -2.28. The molecule has 0 amide bonds. The number of rotatable bonds is 6. The van der Waals surface area contributed by atoms with Gasteiger partial charge in [0.15, 0.2) is 0 Å². The summed E-state index contributed by atoms with van der Waals surface area (Å²) in [6.45, 7) is 9.80. The van der Waals surface area contributed by atoms with Crippen LogP contribution in [0.1, 0.15) is 50.8 Å². The number of hydrogen-bond donors (Lipinski definition) is 1. The minimum Gasteiger partial charge on any atom is -0.310 e. The van der Waals surface area contributed by atoms with Gasteiger partial charge in [-0.05, 0) is 36.6 Å². The van der Waals surface area contributed by atoms with Crippen LogP contribution in [0.4, 0.5) is 0 Å². The van der Waals surface area contributed by atoms with Crippen LogP contribution in [0.25, 0.3) is 0 Å². The Labute approximate surface area is 111 Å². The van der Waals surface area contributed by atoms with Crippen molar-refractivity contribution in [1.82, 2.24) is 5.32 Å². The van der Waals surface area contributed by atoms with Crippen molar-refractivity contribution in [1.29, 1.82) is 0 Å². The van der Waals surface area contributed by atoms with Gasteiger partial charge in [-0.25, -0.2) is 0 Å². The van der Waals surface area contributed by atoms with E-state index in [1.54, 1.807) is 0 Å². The van der Waals surface area contributed by atoms with Crippen molar-refractivity contribution < 1.29 is 0 Å². The third kappa shape index (κ3) is 3.46. The second kappa shape index (κ2) is 7.03. The van der Waals surface area contributed by atoms with Crippen molar-refractivity contribution in [3.05, 3.63) is 34.3 Å². The van der Waals surface area contributed by atoms with E-state index in [0.29, 0.717) is 12.0 Å². The number of halogens is 1. The van der Waals surface area contributed by atoms with E-state index in [0.717, 1.165) is 11.6 Å². The lowest BCUT2D eigenvalue weighted by Crippen LogP contribution is -2.28. The minimum absolute atomic E-state index is 0.425. The van der Waals surface area contributed by atoms with Crippen LogP contribution in [0.15, 0.2) is 18.2 Å². The molecule has 1 nitrogen and oxygen atoms in total. The van der Waals surface area contributed by atoms with E-state index in [1.807, 2.05) is 6.07 Å². The normalized spacial score (nSPS) is 13.1. The van der Waals surface area contributed by atoms with Crippen LogP contribution in [0.5, 0.6) is 0 Å². The van der Waals surface area contributed by atoms with E-state index in [2.05, 4.69) is 45.1 Å². The lowest BCUT2D eigenvalue weighted by atomic mass is 9.87. The summed E-state index contributed by atoms with van der Waals surface area (Å²) >= 11 is 6.22. The van der Waals surface area contributed by atoms with E-state index in [4.69, 9.17) is 11.6 Å². The van der Waals surface area contributed by atoms with E-state index in [1.165, 1.54) is 24.0 Å². The molecular formula is C15H24ClN. The van der Waals surface area contributed by atoms with Crippen LogP contribution in [-0.2, 0) is 0 Å². The van der Waals surface area contributed by atoms with Gasteiger partial charge in [-0.3, -0.25) is 0 Å². The van der Waals surface area contributed by atoms with Crippen LogP contribution in [0.2, 0.25) is 5.02 Å². The Morgan fingerprint density at radius 3 is 2.35 bits per heavy atom. The predicted molar refractivity (Wildman–Crippen MR) is 76.7 cm³/mol. The average molecular weight is 254 g/mol. The second-order valence-corrected chi connectivity index (χ2v) is 4.97. The molecule has 0 bridgehead atoms. The zero-order chi connectivity index (χ0) is 12.8. The van der Waals surface area contributed by atoms with Gasteiger partial charge in [0.05, 0.1) is 0 Å². The Morgan fingerprint density at radius 1 is 1.18 bits per heavy atom. The molecule has 0 spiro atoms. The summed E-state index contributed by atoms with van der Waals surface area (Å²) in [6, 6.07) is 6.65. The maximum atomic E-state index is 6.22. The highest BCUT2D eigenvalue weighted by atomic mass is 35.5. The van der Waals surface area contributed by atoms with Gasteiger partial charge in [0.2, 0.25) is 0 Å². The number of hydrogen-bond acceptors (Lipinski definition) is 1. The summed E-state index contributed by atoms with van der Waals surface area (Å²) in [4.78, 5) is 0. The fourth-order valence-electron chi connectivity index (χ4n) is 2.47. The molecule has 1 aromatic rings. The van der Waals surface area contributed by atoms with Crippen LogP contribution >= 0.6 is 11.6 Å². The molecule has 0 aliphatic heterocycles. The first-order chi connectivity index (χ1) is 8.15. The standard InChI is InChI=1S/C15H24ClN/c1-5-12(6-2)15(17-7-3)13-9-8-10-14(16)11(13)4/h8-10,12,15,17H,5-7H2,1-4H3. The molecule has 0 aliphatic carbocycles. The zero-order valence-corrected chi connectivity index (χ0v) is 12.1. The molecule has 1 unspecified atom stereocenters. The monoisotopic (exact) mass is 253 g/mol. The first-order valence-corrected chi connectivity index (χ1v) is 7.01. The molecule has 1 N–H and O–H groups in total. The van der Waals surface area contributed by atoms with E-state index in [9.17, 15) is 0 Å². The van der Waals surface area contributed by atoms with Crippen molar-refractivity contribution >= 4 is 11.6 Å². The Balaban J connectivity index is 3.08. The molecule has 0 heterocycles. The van der Waals surface area contributed by atoms with Crippen molar-refractivity contribution in [3.8, 4) is 0 Å². The van der Waals surface area contributed by atoms with E-state index < -0.39 is 0 Å². The van der Waals surface area contributed by atoms with Crippen molar-refractivity contribution in [2.24, 2.45) is 5.92 Å². The average Bonchev–Trinajstić information content (AvgIpc) is 2.33. The maximum Gasteiger partial charge on any atom is 0.0438 e. The Bertz CT molecular complexity index is 345. The van der Waals surface area contributed by atoms with Gasteiger partial charge in [0, 0.05) is 11.1 Å². The zero-order valence-electron chi connectivity index (χ0n) is 11.4.